The van der Waals surface area contributed by atoms with Gasteiger partial charge in [-0.05, 0) is 24.3 Å². The zero-order chi connectivity index (χ0) is 12.8. The predicted octanol–water partition coefficient (Wildman–Crippen LogP) is 1.06. The lowest BCUT2D eigenvalue weighted by Gasteiger charge is -2.26. The fraction of sp³-hybridized carbons (Fsp3) is 0.462. The SMILES string of the molecule is NC(=S)c1ccc(NCCN2CCOCC2)cc1. The van der Waals surface area contributed by atoms with Crippen LogP contribution in [-0.4, -0.2) is 49.3 Å². The van der Waals surface area contributed by atoms with E-state index in [2.05, 4.69) is 10.2 Å². The third kappa shape index (κ3) is 3.94. The number of nitrogens with zero attached hydrogens (tertiary/aromatic N) is 1. The van der Waals surface area contributed by atoms with Crippen LogP contribution in [0.15, 0.2) is 24.3 Å². The highest BCUT2D eigenvalue weighted by Gasteiger charge is 2.08. The molecule has 0 unspecified atom stereocenters. The second-order valence-corrected chi connectivity index (χ2v) is 4.76. The summed E-state index contributed by atoms with van der Waals surface area (Å²) < 4.78 is 5.31. The third-order valence-electron chi connectivity index (χ3n) is 3.03. The number of nitrogens with one attached hydrogen (secondary N) is 1. The maximum absolute atomic E-state index is 5.55. The molecule has 5 heteroatoms. The molecule has 0 radical (unpaired) electrons. The van der Waals surface area contributed by atoms with Gasteiger partial charge in [0.1, 0.15) is 4.99 Å². The van der Waals surface area contributed by atoms with E-state index in [1.54, 1.807) is 0 Å². The Morgan fingerprint density at radius 3 is 2.56 bits per heavy atom. The van der Waals surface area contributed by atoms with E-state index >= 15 is 0 Å². The Kier molecular flexibility index (Phi) is 4.92. The molecule has 1 aromatic rings. The first kappa shape index (κ1) is 13.3. The molecule has 0 spiro atoms. The van der Waals surface area contributed by atoms with Gasteiger partial charge in [-0.15, -0.1) is 0 Å². The number of hydrogen-bond donors (Lipinski definition) is 2. The fourth-order valence-electron chi connectivity index (χ4n) is 1.94. The Morgan fingerprint density at radius 1 is 1.28 bits per heavy atom. The van der Waals surface area contributed by atoms with Crippen molar-refractivity contribution >= 4 is 22.9 Å². The Morgan fingerprint density at radius 2 is 1.94 bits per heavy atom. The number of ether oxygens (including phenoxy) is 1. The van der Waals surface area contributed by atoms with Gasteiger partial charge in [0.25, 0.3) is 0 Å². The molecule has 0 saturated carbocycles. The maximum atomic E-state index is 5.55. The summed E-state index contributed by atoms with van der Waals surface area (Å²) in [5, 5.41) is 3.39. The van der Waals surface area contributed by atoms with Gasteiger partial charge in [-0.25, -0.2) is 0 Å². The van der Waals surface area contributed by atoms with Gasteiger partial charge in [-0.1, -0.05) is 12.2 Å². The van der Waals surface area contributed by atoms with Gasteiger partial charge in [0.2, 0.25) is 0 Å². The highest BCUT2D eigenvalue weighted by atomic mass is 32.1. The molecular weight excluding hydrogens is 246 g/mol. The highest BCUT2D eigenvalue weighted by Crippen LogP contribution is 2.09. The van der Waals surface area contributed by atoms with Crippen LogP contribution < -0.4 is 11.1 Å². The van der Waals surface area contributed by atoms with Crippen molar-refractivity contribution in [3.63, 3.8) is 0 Å². The number of thiocarbonyl (C=S) groups is 1. The second kappa shape index (κ2) is 6.68. The lowest BCUT2D eigenvalue weighted by molar-refractivity contribution is 0.0398. The number of morpholine rings is 1. The van der Waals surface area contributed by atoms with Gasteiger partial charge in [0.05, 0.1) is 13.2 Å². The molecule has 1 aliphatic heterocycles. The van der Waals surface area contributed by atoms with Crippen molar-refractivity contribution in [2.75, 3.05) is 44.7 Å². The van der Waals surface area contributed by atoms with Crippen molar-refractivity contribution in [1.29, 1.82) is 0 Å². The Balaban J connectivity index is 1.74. The Hall–Kier alpha value is -1.17. The standard InChI is InChI=1S/C13H19N3OS/c14-13(18)11-1-3-12(4-2-11)15-5-6-16-7-9-17-10-8-16/h1-4,15H,5-10H2,(H2,14,18). The van der Waals surface area contributed by atoms with E-state index in [1.165, 1.54) is 0 Å². The van der Waals surface area contributed by atoms with Gasteiger partial charge in [-0.2, -0.15) is 0 Å². The predicted molar refractivity (Wildman–Crippen MR) is 78.1 cm³/mol. The van der Waals surface area contributed by atoms with Crippen LogP contribution in [0.3, 0.4) is 0 Å². The van der Waals surface area contributed by atoms with Gasteiger partial charge in [0, 0.05) is 37.4 Å². The van der Waals surface area contributed by atoms with Crippen LogP contribution in [0.2, 0.25) is 0 Å². The molecule has 1 heterocycles. The summed E-state index contributed by atoms with van der Waals surface area (Å²) in [5.74, 6) is 0. The summed E-state index contributed by atoms with van der Waals surface area (Å²) in [6.07, 6.45) is 0. The zero-order valence-electron chi connectivity index (χ0n) is 10.4. The van der Waals surface area contributed by atoms with Gasteiger partial charge >= 0.3 is 0 Å². The van der Waals surface area contributed by atoms with Crippen LogP contribution in [0.1, 0.15) is 5.56 Å². The molecule has 2 rings (SSSR count). The van der Waals surface area contributed by atoms with Crippen LogP contribution in [0.4, 0.5) is 5.69 Å². The van der Waals surface area contributed by atoms with E-state index in [0.717, 1.165) is 50.6 Å². The van der Waals surface area contributed by atoms with Crippen molar-refractivity contribution in [1.82, 2.24) is 4.90 Å². The van der Waals surface area contributed by atoms with E-state index in [4.69, 9.17) is 22.7 Å². The first-order chi connectivity index (χ1) is 8.75. The van der Waals surface area contributed by atoms with E-state index in [0.29, 0.717) is 4.99 Å². The van der Waals surface area contributed by atoms with Crippen LogP contribution >= 0.6 is 12.2 Å². The molecule has 1 fully saturated rings. The number of benzene rings is 1. The molecule has 1 aromatic carbocycles. The molecule has 0 aliphatic carbocycles. The summed E-state index contributed by atoms with van der Waals surface area (Å²) in [6.45, 7) is 5.74. The van der Waals surface area contributed by atoms with Gasteiger partial charge < -0.3 is 15.8 Å². The minimum atomic E-state index is 0.440. The lowest BCUT2D eigenvalue weighted by atomic mass is 10.2. The Bertz CT molecular complexity index is 388. The van der Waals surface area contributed by atoms with Crippen molar-refractivity contribution in [3.05, 3.63) is 29.8 Å². The fourth-order valence-corrected chi connectivity index (χ4v) is 2.07. The van der Waals surface area contributed by atoms with E-state index in [9.17, 15) is 0 Å². The van der Waals surface area contributed by atoms with Crippen LogP contribution in [-0.2, 0) is 4.74 Å². The number of hydrogen-bond acceptors (Lipinski definition) is 4. The smallest absolute Gasteiger partial charge is 0.103 e. The van der Waals surface area contributed by atoms with Crippen molar-refractivity contribution in [2.45, 2.75) is 0 Å². The average Bonchev–Trinajstić information content (AvgIpc) is 2.40. The van der Waals surface area contributed by atoms with E-state index in [1.807, 2.05) is 24.3 Å². The van der Waals surface area contributed by atoms with Gasteiger partial charge in [0.15, 0.2) is 0 Å². The summed E-state index contributed by atoms with van der Waals surface area (Å²) in [6, 6.07) is 7.90. The second-order valence-electron chi connectivity index (χ2n) is 4.32. The van der Waals surface area contributed by atoms with E-state index < -0.39 is 0 Å². The topological polar surface area (TPSA) is 50.5 Å². The molecule has 18 heavy (non-hydrogen) atoms. The quantitative estimate of drug-likeness (QED) is 0.780. The van der Waals surface area contributed by atoms with Gasteiger partial charge in [-0.3, -0.25) is 4.90 Å². The minimum absolute atomic E-state index is 0.440. The molecule has 3 N–H and O–H groups in total. The monoisotopic (exact) mass is 265 g/mol. The molecule has 0 amide bonds. The highest BCUT2D eigenvalue weighted by molar-refractivity contribution is 7.80. The molecule has 1 saturated heterocycles. The molecule has 0 bridgehead atoms. The van der Waals surface area contributed by atoms with Crippen LogP contribution in [0.25, 0.3) is 0 Å². The first-order valence-corrected chi connectivity index (χ1v) is 6.60. The van der Waals surface area contributed by atoms with Crippen molar-refractivity contribution < 1.29 is 4.74 Å². The van der Waals surface area contributed by atoms with E-state index in [-0.39, 0.29) is 0 Å². The molecular formula is C13H19N3OS. The van der Waals surface area contributed by atoms with Crippen molar-refractivity contribution in [3.8, 4) is 0 Å². The number of anilines is 1. The lowest BCUT2D eigenvalue weighted by Crippen LogP contribution is -2.39. The summed E-state index contributed by atoms with van der Waals surface area (Å²) >= 11 is 4.92. The average molecular weight is 265 g/mol. The van der Waals surface area contributed by atoms with Crippen LogP contribution in [0.5, 0.6) is 0 Å². The first-order valence-electron chi connectivity index (χ1n) is 6.19. The molecule has 1 aliphatic rings. The molecule has 0 aromatic heterocycles. The van der Waals surface area contributed by atoms with Crippen molar-refractivity contribution in [2.24, 2.45) is 5.73 Å². The largest absolute Gasteiger partial charge is 0.389 e. The summed E-state index contributed by atoms with van der Waals surface area (Å²) in [5.41, 5.74) is 7.56. The maximum Gasteiger partial charge on any atom is 0.103 e. The summed E-state index contributed by atoms with van der Waals surface area (Å²) in [4.78, 5) is 2.84. The summed E-state index contributed by atoms with van der Waals surface area (Å²) in [7, 11) is 0. The number of nitrogens with two attached hydrogens (primary N) is 1. The molecule has 98 valence electrons. The number of rotatable bonds is 5. The third-order valence-corrected chi connectivity index (χ3v) is 3.27. The zero-order valence-corrected chi connectivity index (χ0v) is 11.2. The Labute approximate surface area is 113 Å². The normalized spacial score (nSPS) is 16.4. The molecule has 4 nitrogen and oxygen atoms in total. The van der Waals surface area contributed by atoms with Crippen LogP contribution in [0, 0.1) is 0 Å². The molecule has 0 atom stereocenters. The minimum Gasteiger partial charge on any atom is -0.389 e.